The maximum absolute atomic E-state index is 10.3. The largest absolute Gasteiger partial charge is 0.480 e. The summed E-state index contributed by atoms with van der Waals surface area (Å²) >= 11 is 0. The second kappa shape index (κ2) is 6.82. The van der Waals surface area contributed by atoms with Crippen molar-refractivity contribution in [3.05, 3.63) is 12.7 Å². The summed E-state index contributed by atoms with van der Waals surface area (Å²) in [7, 11) is 0. The Balaban J connectivity index is 3.68. The van der Waals surface area contributed by atoms with E-state index in [0.717, 1.165) is 13.0 Å². The molecule has 0 saturated heterocycles. The summed E-state index contributed by atoms with van der Waals surface area (Å²) in [5.74, 6) is -0.819. The Labute approximate surface area is 72.8 Å². The van der Waals surface area contributed by atoms with Gasteiger partial charge in [0.2, 0.25) is 0 Å². The number of rotatable bonds is 7. The Morgan fingerprint density at radius 2 is 2.42 bits per heavy atom. The first-order valence-electron chi connectivity index (χ1n) is 4.01. The van der Waals surface area contributed by atoms with Gasteiger partial charge in [0.25, 0.3) is 0 Å². The molecule has 70 valence electrons. The van der Waals surface area contributed by atoms with Crippen molar-refractivity contribution in [1.29, 1.82) is 0 Å². The fraction of sp³-hybridized carbons (Fsp3) is 0.625. The van der Waals surface area contributed by atoms with E-state index in [1.54, 1.807) is 11.1 Å². The molecule has 0 aliphatic carbocycles. The smallest absolute Gasteiger partial charge is 0.319 e. The van der Waals surface area contributed by atoms with Gasteiger partial charge in [0.05, 0.1) is 0 Å². The van der Waals surface area contributed by atoms with Crippen molar-refractivity contribution >= 4 is 5.97 Å². The third-order valence-corrected chi connectivity index (χ3v) is 1.28. The van der Waals surface area contributed by atoms with Gasteiger partial charge in [0.15, 0.2) is 0 Å². The Morgan fingerprint density at radius 1 is 1.75 bits per heavy atom. The van der Waals surface area contributed by atoms with Crippen LogP contribution in [-0.2, 0) is 4.79 Å². The van der Waals surface area contributed by atoms with Crippen molar-refractivity contribution in [2.45, 2.75) is 13.3 Å². The molecule has 2 N–H and O–H groups in total. The Kier molecular flexibility index (Phi) is 6.32. The average Bonchev–Trinajstić information content (AvgIpc) is 2.00. The zero-order chi connectivity index (χ0) is 9.40. The first-order chi connectivity index (χ1) is 5.70. The van der Waals surface area contributed by atoms with Gasteiger partial charge in [-0.3, -0.25) is 10.2 Å². The average molecular weight is 172 g/mol. The van der Waals surface area contributed by atoms with Gasteiger partial charge in [-0.05, 0) is 6.42 Å². The lowest BCUT2D eigenvalue weighted by Crippen LogP contribution is -2.42. The molecule has 0 aromatic heterocycles. The van der Waals surface area contributed by atoms with Gasteiger partial charge in [-0.2, -0.15) is 0 Å². The highest BCUT2D eigenvalue weighted by atomic mass is 16.4. The quantitative estimate of drug-likeness (QED) is 0.433. The molecule has 4 heteroatoms. The van der Waals surface area contributed by atoms with Crippen LogP contribution < -0.4 is 5.43 Å². The maximum Gasteiger partial charge on any atom is 0.319 e. The normalized spacial score (nSPS) is 10.2. The van der Waals surface area contributed by atoms with Crippen molar-refractivity contribution in [3.8, 4) is 0 Å². The van der Waals surface area contributed by atoms with Gasteiger partial charge in [0.1, 0.15) is 6.54 Å². The number of hydrogen-bond donors (Lipinski definition) is 2. The monoisotopic (exact) mass is 172 g/mol. The molecule has 0 aliphatic rings. The Hall–Kier alpha value is -0.870. The van der Waals surface area contributed by atoms with Crippen molar-refractivity contribution in [2.75, 3.05) is 19.6 Å². The van der Waals surface area contributed by atoms with Crippen LogP contribution in [0.1, 0.15) is 13.3 Å². The molecule has 0 rings (SSSR count). The van der Waals surface area contributed by atoms with E-state index in [-0.39, 0.29) is 6.54 Å². The summed E-state index contributed by atoms with van der Waals surface area (Å²) in [5, 5.41) is 10.2. The van der Waals surface area contributed by atoms with Crippen LogP contribution in [0.25, 0.3) is 0 Å². The van der Waals surface area contributed by atoms with E-state index in [0.29, 0.717) is 6.54 Å². The molecule has 0 spiro atoms. The summed E-state index contributed by atoms with van der Waals surface area (Å²) in [5.41, 5.74) is 2.94. The van der Waals surface area contributed by atoms with Crippen LogP contribution in [0.4, 0.5) is 0 Å². The molecule has 0 radical (unpaired) electrons. The summed E-state index contributed by atoms with van der Waals surface area (Å²) in [6.07, 6.45) is 2.63. The predicted octanol–water partition coefficient (Wildman–Crippen LogP) is 0.474. The van der Waals surface area contributed by atoms with E-state index in [1.807, 2.05) is 6.92 Å². The summed E-state index contributed by atoms with van der Waals surface area (Å²) in [6, 6.07) is 0. The highest BCUT2D eigenvalue weighted by Gasteiger charge is 2.05. The first-order valence-corrected chi connectivity index (χ1v) is 4.01. The number of carboxylic acids is 1. The minimum Gasteiger partial charge on any atom is -0.480 e. The number of hydrazine groups is 1. The van der Waals surface area contributed by atoms with Gasteiger partial charge >= 0.3 is 5.97 Å². The van der Waals surface area contributed by atoms with E-state index in [9.17, 15) is 4.79 Å². The van der Waals surface area contributed by atoms with Gasteiger partial charge in [0, 0.05) is 13.1 Å². The van der Waals surface area contributed by atoms with Gasteiger partial charge in [-0.15, -0.1) is 6.58 Å². The van der Waals surface area contributed by atoms with Crippen LogP contribution in [0.15, 0.2) is 12.7 Å². The molecule has 0 heterocycles. The topological polar surface area (TPSA) is 52.6 Å². The molecule has 12 heavy (non-hydrogen) atoms. The van der Waals surface area contributed by atoms with Gasteiger partial charge < -0.3 is 5.11 Å². The number of nitrogens with zero attached hydrogens (tertiary/aromatic N) is 1. The highest BCUT2D eigenvalue weighted by Crippen LogP contribution is 1.85. The van der Waals surface area contributed by atoms with Gasteiger partial charge in [-0.1, -0.05) is 13.0 Å². The number of aliphatic carboxylic acids is 1. The number of carboxylic acid groups (broad SMARTS) is 1. The van der Waals surface area contributed by atoms with Crippen molar-refractivity contribution in [1.82, 2.24) is 10.4 Å². The molecule has 0 fully saturated rings. The molecule has 0 aliphatic heterocycles. The lowest BCUT2D eigenvalue weighted by molar-refractivity contribution is -0.139. The molecule has 0 bridgehead atoms. The SMILES string of the molecule is C=CCNN(CCC)CC(=O)O. The number of nitrogens with one attached hydrogen (secondary N) is 1. The Morgan fingerprint density at radius 3 is 2.83 bits per heavy atom. The zero-order valence-corrected chi connectivity index (χ0v) is 7.42. The lowest BCUT2D eigenvalue weighted by Gasteiger charge is -2.19. The first kappa shape index (κ1) is 11.1. The number of carbonyl (C=O) groups is 1. The van der Waals surface area contributed by atoms with E-state index in [1.165, 1.54) is 0 Å². The maximum atomic E-state index is 10.3. The standard InChI is InChI=1S/C8H16N2O2/c1-3-5-9-10(6-4-2)7-8(11)12/h3,9H,1,4-7H2,2H3,(H,11,12). The van der Waals surface area contributed by atoms with Crippen LogP contribution >= 0.6 is 0 Å². The lowest BCUT2D eigenvalue weighted by atomic mass is 10.4. The van der Waals surface area contributed by atoms with Crippen molar-refractivity contribution < 1.29 is 9.90 Å². The molecule has 0 aromatic rings. The van der Waals surface area contributed by atoms with E-state index in [4.69, 9.17) is 5.11 Å². The van der Waals surface area contributed by atoms with Crippen molar-refractivity contribution in [2.24, 2.45) is 0 Å². The van der Waals surface area contributed by atoms with Crippen LogP contribution in [0.2, 0.25) is 0 Å². The summed E-state index contributed by atoms with van der Waals surface area (Å²) in [6.45, 7) is 6.91. The molecule has 4 nitrogen and oxygen atoms in total. The molecular weight excluding hydrogens is 156 g/mol. The summed E-state index contributed by atoms with van der Waals surface area (Å²) in [4.78, 5) is 10.3. The Bertz CT molecular complexity index is 148. The fourth-order valence-electron chi connectivity index (χ4n) is 0.841. The third kappa shape index (κ3) is 5.88. The molecule has 0 unspecified atom stereocenters. The predicted molar refractivity (Wildman–Crippen MR) is 47.7 cm³/mol. The third-order valence-electron chi connectivity index (χ3n) is 1.28. The molecular formula is C8H16N2O2. The fourth-order valence-corrected chi connectivity index (χ4v) is 0.841. The van der Waals surface area contributed by atoms with Crippen LogP contribution in [0, 0.1) is 0 Å². The highest BCUT2D eigenvalue weighted by molar-refractivity contribution is 5.68. The van der Waals surface area contributed by atoms with Crippen molar-refractivity contribution in [3.63, 3.8) is 0 Å². The van der Waals surface area contributed by atoms with E-state index < -0.39 is 5.97 Å². The minimum atomic E-state index is -0.819. The molecule has 0 amide bonds. The molecule has 0 saturated carbocycles. The number of hydrogen-bond acceptors (Lipinski definition) is 3. The van der Waals surface area contributed by atoms with Crippen LogP contribution in [-0.4, -0.2) is 35.7 Å². The zero-order valence-electron chi connectivity index (χ0n) is 7.42. The van der Waals surface area contributed by atoms with Gasteiger partial charge in [-0.25, -0.2) is 5.01 Å². The van der Waals surface area contributed by atoms with E-state index in [2.05, 4.69) is 12.0 Å². The van der Waals surface area contributed by atoms with Crippen LogP contribution in [0.3, 0.4) is 0 Å². The second-order valence-electron chi connectivity index (χ2n) is 2.47. The molecule has 0 aromatic carbocycles. The molecule has 0 atom stereocenters. The van der Waals surface area contributed by atoms with E-state index >= 15 is 0 Å². The van der Waals surface area contributed by atoms with Crippen LogP contribution in [0.5, 0.6) is 0 Å². The second-order valence-corrected chi connectivity index (χ2v) is 2.47. The summed E-state index contributed by atoms with van der Waals surface area (Å²) < 4.78 is 0. The minimum absolute atomic E-state index is 0.0294.